The van der Waals surface area contributed by atoms with Crippen LogP contribution in [-0.4, -0.2) is 5.91 Å². The highest BCUT2D eigenvalue weighted by atomic mass is 35.5. The predicted molar refractivity (Wildman–Crippen MR) is 105 cm³/mol. The smallest absolute Gasteiger partial charge is 0.251 e. The molecule has 0 aliphatic rings. The van der Waals surface area contributed by atoms with E-state index in [-0.39, 0.29) is 5.91 Å². The molecule has 5 heteroatoms. The van der Waals surface area contributed by atoms with Crippen LogP contribution >= 0.6 is 23.2 Å². The van der Waals surface area contributed by atoms with Crippen molar-refractivity contribution in [3.8, 4) is 5.75 Å². The molecule has 0 saturated heterocycles. The summed E-state index contributed by atoms with van der Waals surface area (Å²) in [4.78, 5) is 12.2. The molecule has 1 N–H and O–H groups in total. The van der Waals surface area contributed by atoms with Gasteiger partial charge in [-0.05, 0) is 48.0 Å². The SMILES string of the molecule is O=C(NCc1ccc(Cl)cc1)c1ccc(OCc2ccccc2Cl)cc1. The first-order valence-corrected chi connectivity index (χ1v) is 8.86. The lowest BCUT2D eigenvalue weighted by Crippen LogP contribution is -2.22. The van der Waals surface area contributed by atoms with Crippen LogP contribution < -0.4 is 10.1 Å². The second-order valence-electron chi connectivity index (χ2n) is 5.71. The topological polar surface area (TPSA) is 38.3 Å². The van der Waals surface area contributed by atoms with Gasteiger partial charge in [-0.1, -0.05) is 53.5 Å². The molecule has 0 aromatic heterocycles. The summed E-state index contributed by atoms with van der Waals surface area (Å²) in [5.74, 6) is 0.539. The number of carbonyl (C=O) groups is 1. The molecular weight excluding hydrogens is 369 g/mol. The number of carbonyl (C=O) groups excluding carboxylic acids is 1. The zero-order valence-corrected chi connectivity index (χ0v) is 15.4. The lowest BCUT2D eigenvalue weighted by Gasteiger charge is -2.09. The fraction of sp³-hybridized carbons (Fsp3) is 0.0952. The van der Waals surface area contributed by atoms with Crippen LogP contribution in [0.25, 0.3) is 0 Å². The molecule has 3 aromatic carbocycles. The molecule has 1 amide bonds. The second kappa shape index (κ2) is 8.75. The van der Waals surface area contributed by atoms with Crippen molar-refractivity contribution in [1.29, 1.82) is 0 Å². The van der Waals surface area contributed by atoms with Crippen molar-refractivity contribution < 1.29 is 9.53 Å². The summed E-state index contributed by atoms with van der Waals surface area (Å²) >= 11 is 12.0. The zero-order valence-electron chi connectivity index (χ0n) is 13.9. The Bertz CT molecular complexity index is 877. The van der Waals surface area contributed by atoms with Crippen LogP contribution in [0.3, 0.4) is 0 Å². The Morgan fingerprint density at radius 2 is 1.58 bits per heavy atom. The van der Waals surface area contributed by atoms with Crippen LogP contribution in [0.15, 0.2) is 72.8 Å². The van der Waals surface area contributed by atoms with Gasteiger partial charge >= 0.3 is 0 Å². The van der Waals surface area contributed by atoms with Gasteiger partial charge in [0.2, 0.25) is 0 Å². The molecule has 0 heterocycles. The molecule has 0 atom stereocenters. The number of hydrogen-bond donors (Lipinski definition) is 1. The Hall–Kier alpha value is -2.49. The first-order chi connectivity index (χ1) is 12.6. The van der Waals surface area contributed by atoms with Crippen molar-refractivity contribution in [2.75, 3.05) is 0 Å². The Balaban J connectivity index is 1.54. The van der Waals surface area contributed by atoms with Gasteiger partial charge in [-0.25, -0.2) is 0 Å². The third-order valence-corrected chi connectivity index (χ3v) is 4.46. The zero-order chi connectivity index (χ0) is 18.4. The Kier molecular flexibility index (Phi) is 6.16. The van der Waals surface area contributed by atoms with Crippen molar-refractivity contribution in [2.24, 2.45) is 0 Å². The second-order valence-corrected chi connectivity index (χ2v) is 6.56. The molecule has 0 spiro atoms. The molecule has 0 radical (unpaired) electrons. The molecule has 0 aliphatic heterocycles. The molecule has 0 saturated carbocycles. The fourth-order valence-electron chi connectivity index (χ4n) is 2.37. The van der Waals surface area contributed by atoms with E-state index in [1.807, 2.05) is 36.4 Å². The van der Waals surface area contributed by atoms with Gasteiger partial charge in [0, 0.05) is 27.7 Å². The van der Waals surface area contributed by atoms with Gasteiger partial charge in [0.25, 0.3) is 5.91 Å². The number of hydrogen-bond acceptors (Lipinski definition) is 2. The van der Waals surface area contributed by atoms with Gasteiger partial charge in [-0.3, -0.25) is 4.79 Å². The van der Waals surface area contributed by atoms with E-state index in [0.29, 0.717) is 34.5 Å². The number of halogens is 2. The molecule has 3 aromatic rings. The summed E-state index contributed by atoms with van der Waals surface area (Å²) in [5.41, 5.74) is 2.48. The van der Waals surface area contributed by atoms with E-state index in [9.17, 15) is 4.79 Å². The van der Waals surface area contributed by atoms with Crippen LogP contribution in [-0.2, 0) is 13.2 Å². The van der Waals surface area contributed by atoms with Crippen molar-refractivity contribution in [1.82, 2.24) is 5.32 Å². The van der Waals surface area contributed by atoms with Crippen LogP contribution in [0, 0.1) is 0 Å². The Morgan fingerprint density at radius 3 is 2.27 bits per heavy atom. The van der Waals surface area contributed by atoms with E-state index in [0.717, 1.165) is 11.1 Å². The van der Waals surface area contributed by atoms with Gasteiger partial charge in [-0.2, -0.15) is 0 Å². The number of benzene rings is 3. The molecule has 0 fully saturated rings. The molecule has 0 aliphatic carbocycles. The summed E-state index contributed by atoms with van der Waals surface area (Å²) in [6.45, 7) is 0.822. The van der Waals surface area contributed by atoms with Gasteiger partial charge < -0.3 is 10.1 Å². The van der Waals surface area contributed by atoms with Crippen LogP contribution in [0.1, 0.15) is 21.5 Å². The molecule has 0 bridgehead atoms. The predicted octanol–water partition coefficient (Wildman–Crippen LogP) is 5.50. The fourth-order valence-corrected chi connectivity index (χ4v) is 2.68. The van der Waals surface area contributed by atoms with E-state index in [4.69, 9.17) is 27.9 Å². The van der Waals surface area contributed by atoms with Crippen LogP contribution in [0.5, 0.6) is 5.75 Å². The minimum atomic E-state index is -0.141. The highest BCUT2D eigenvalue weighted by molar-refractivity contribution is 6.31. The van der Waals surface area contributed by atoms with Crippen molar-refractivity contribution >= 4 is 29.1 Å². The summed E-state index contributed by atoms with van der Waals surface area (Å²) in [6, 6.07) is 21.9. The van der Waals surface area contributed by atoms with Crippen LogP contribution in [0.2, 0.25) is 10.0 Å². The number of nitrogens with one attached hydrogen (secondary N) is 1. The van der Waals surface area contributed by atoms with E-state index in [2.05, 4.69) is 5.32 Å². The van der Waals surface area contributed by atoms with Crippen LogP contribution in [0.4, 0.5) is 0 Å². The standard InChI is InChI=1S/C21H17Cl2NO2/c22-18-9-5-15(6-10-18)13-24-21(25)16-7-11-19(12-8-16)26-14-17-3-1-2-4-20(17)23/h1-12H,13-14H2,(H,24,25). The van der Waals surface area contributed by atoms with Gasteiger partial charge in [0.1, 0.15) is 12.4 Å². The van der Waals surface area contributed by atoms with E-state index in [1.54, 1.807) is 36.4 Å². The van der Waals surface area contributed by atoms with E-state index < -0.39 is 0 Å². The van der Waals surface area contributed by atoms with Gasteiger partial charge in [0.15, 0.2) is 0 Å². The molecule has 0 unspecified atom stereocenters. The molecule has 3 nitrogen and oxygen atoms in total. The Morgan fingerprint density at radius 1 is 0.885 bits per heavy atom. The van der Waals surface area contributed by atoms with Gasteiger partial charge in [-0.15, -0.1) is 0 Å². The first kappa shape index (κ1) is 18.3. The lowest BCUT2D eigenvalue weighted by molar-refractivity contribution is 0.0951. The maximum Gasteiger partial charge on any atom is 0.251 e. The average molecular weight is 386 g/mol. The van der Waals surface area contributed by atoms with Crippen molar-refractivity contribution in [2.45, 2.75) is 13.2 Å². The van der Waals surface area contributed by atoms with Gasteiger partial charge in [0.05, 0.1) is 0 Å². The largest absolute Gasteiger partial charge is 0.489 e. The maximum atomic E-state index is 12.2. The Labute approximate surface area is 162 Å². The minimum absolute atomic E-state index is 0.141. The van der Waals surface area contributed by atoms with E-state index >= 15 is 0 Å². The molecule has 3 rings (SSSR count). The van der Waals surface area contributed by atoms with Crippen molar-refractivity contribution in [3.05, 3.63) is 99.5 Å². The first-order valence-electron chi connectivity index (χ1n) is 8.11. The lowest BCUT2D eigenvalue weighted by atomic mass is 10.2. The highest BCUT2D eigenvalue weighted by Crippen LogP contribution is 2.19. The minimum Gasteiger partial charge on any atom is -0.489 e. The quantitative estimate of drug-likeness (QED) is 0.607. The molecule has 132 valence electrons. The monoisotopic (exact) mass is 385 g/mol. The number of rotatable bonds is 6. The molecular formula is C21H17Cl2NO2. The summed E-state index contributed by atoms with van der Waals surface area (Å²) < 4.78 is 5.72. The summed E-state index contributed by atoms with van der Waals surface area (Å²) in [5, 5.41) is 4.22. The maximum absolute atomic E-state index is 12.2. The summed E-state index contributed by atoms with van der Waals surface area (Å²) in [6.07, 6.45) is 0. The molecule has 26 heavy (non-hydrogen) atoms. The van der Waals surface area contributed by atoms with E-state index in [1.165, 1.54) is 0 Å². The normalized spacial score (nSPS) is 10.4. The number of ether oxygens (including phenoxy) is 1. The number of amides is 1. The third-order valence-electron chi connectivity index (χ3n) is 3.84. The third kappa shape index (κ3) is 5.01. The van der Waals surface area contributed by atoms with Crippen molar-refractivity contribution in [3.63, 3.8) is 0 Å². The average Bonchev–Trinajstić information content (AvgIpc) is 2.67. The highest BCUT2D eigenvalue weighted by Gasteiger charge is 2.06. The summed E-state index contributed by atoms with van der Waals surface area (Å²) in [7, 11) is 0.